The van der Waals surface area contributed by atoms with Gasteiger partial charge in [-0.3, -0.25) is 0 Å². The molecule has 0 aliphatic heterocycles. The van der Waals surface area contributed by atoms with Gasteiger partial charge in [0, 0.05) is 17.6 Å². The van der Waals surface area contributed by atoms with Gasteiger partial charge in [0.05, 0.1) is 19.7 Å². The zero-order valence-corrected chi connectivity index (χ0v) is 8.32. The average molecular weight is 208 g/mol. The van der Waals surface area contributed by atoms with Crippen molar-refractivity contribution in [2.24, 2.45) is 0 Å². The lowest BCUT2D eigenvalue weighted by molar-refractivity contribution is 0.355. The van der Waals surface area contributed by atoms with Gasteiger partial charge in [0.25, 0.3) is 0 Å². The Morgan fingerprint density at radius 1 is 1.13 bits per heavy atom. The van der Waals surface area contributed by atoms with Crippen LogP contribution >= 0.6 is 0 Å². The van der Waals surface area contributed by atoms with Crippen LogP contribution in [0.5, 0.6) is 11.5 Å². The van der Waals surface area contributed by atoms with Crippen molar-refractivity contribution in [2.75, 3.05) is 14.2 Å². The second kappa shape index (κ2) is 3.68. The maximum absolute atomic E-state index is 12.8. The van der Waals surface area contributed by atoms with Crippen molar-refractivity contribution in [3.63, 3.8) is 0 Å². The maximum atomic E-state index is 12.8. The van der Waals surface area contributed by atoms with Gasteiger partial charge in [-0.25, -0.2) is 9.97 Å². The minimum Gasteiger partial charge on any atom is -0.493 e. The molecule has 78 valence electrons. The third kappa shape index (κ3) is 1.68. The van der Waals surface area contributed by atoms with E-state index in [1.807, 2.05) is 0 Å². The van der Waals surface area contributed by atoms with E-state index in [2.05, 4.69) is 9.97 Å². The predicted molar refractivity (Wildman–Crippen MR) is 52.6 cm³/mol. The largest absolute Gasteiger partial charge is 0.493 e. The summed E-state index contributed by atoms with van der Waals surface area (Å²) < 4.78 is 22.9. The first-order valence-corrected chi connectivity index (χ1v) is 4.29. The van der Waals surface area contributed by atoms with Gasteiger partial charge in [0.1, 0.15) is 0 Å². The second-order valence-electron chi connectivity index (χ2n) is 2.91. The van der Waals surface area contributed by atoms with Gasteiger partial charge in [-0.1, -0.05) is 0 Å². The van der Waals surface area contributed by atoms with Crippen molar-refractivity contribution >= 4 is 10.9 Å². The number of benzene rings is 1. The summed E-state index contributed by atoms with van der Waals surface area (Å²) in [5.74, 6) is 1.09. The molecule has 0 unspecified atom stereocenters. The first-order valence-electron chi connectivity index (χ1n) is 4.29. The van der Waals surface area contributed by atoms with Crippen molar-refractivity contribution in [3.05, 3.63) is 24.4 Å². The highest BCUT2D eigenvalue weighted by atomic mass is 19.1. The van der Waals surface area contributed by atoms with E-state index in [9.17, 15) is 4.39 Å². The molecule has 0 fully saturated rings. The summed E-state index contributed by atoms with van der Waals surface area (Å²) in [6.07, 6.45) is 0.648. The van der Waals surface area contributed by atoms with Crippen LogP contribution in [0, 0.1) is 6.08 Å². The molecule has 4 nitrogen and oxygen atoms in total. The molecule has 0 saturated carbocycles. The highest BCUT2D eigenvalue weighted by Crippen LogP contribution is 2.30. The fourth-order valence-corrected chi connectivity index (χ4v) is 1.34. The number of fused-ring (bicyclic) bond motifs is 1. The molecule has 0 atom stereocenters. The number of aromatic nitrogens is 2. The van der Waals surface area contributed by atoms with E-state index in [0.29, 0.717) is 22.4 Å². The van der Waals surface area contributed by atoms with Crippen molar-refractivity contribution in [1.29, 1.82) is 0 Å². The fraction of sp³-hybridized carbons (Fsp3) is 0.200. The molecule has 0 saturated heterocycles. The quantitative estimate of drug-likeness (QED) is 0.706. The molecule has 0 bridgehead atoms. The Kier molecular flexibility index (Phi) is 2.37. The summed E-state index contributed by atoms with van der Waals surface area (Å²) in [5, 5.41) is 0.703. The zero-order chi connectivity index (χ0) is 10.8. The molecule has 0 N–H and O–H groups in total. The standard InChI is InChI=1S/C10H9FN2O2/c1-14-8-3-6-5-12-10(11)13-7(6)4-9(8)15-2/h3-5H,1-2H3. The molecule has 1 aromatic heterocycles. The fourth-order valence-electron chi connectivity index (χ4n) is 1.34. The molecule has 0 aliphatic rings. The van der Waals surface area contributed by atoms with Gasteiger partial charge in [0.2, 0.25) is 0 Å². The second-order valence-corrected chi connectivity index (χ2v) is 2.91. The molecule has 1 heterocycles. The van der Waals surface area contributed by atoms with Gasteiger partial charge in [-0.15, -0.1) is 0 Å². The van der Waals surface area contributed by atoms with Gasteiger partial charge in [-0.05, 0) is 6.07 Å². The van der Waals surface area contributed by atoms with Gasteiger partial charge < -0.3 is 9.47 Å². The van der Waals surface area contributed by atoms with E-state index in [1.54, 1.807) is 12.1 Å². The molecule has 2 rings (SSSR count). The van der Waals surface area contributed by atoms with Gasteiger partial charge >= 0.3 is 6.08 Å². The molecule has 5 heteroatoms. The molecule has 1 aromatic carbocycles. The van der Waals surface area contributed by atoms with E-state index < -0.39 is 6.08 Å². The summed E-state index contributed by atoms with van der Waals surface area (Å²) in [4.78, 5) is 7.11. The first kappa shape index (κ1) is 9.64. The number of nitrogens with zero attached hydrogens (tertiary/aromatic N) is 2. The van der Waals surface area contributed by atoms with Crippen molar-refractivity contribution in [1.82, 2.24) is 9.97 Å². The number of hydrogen-bond acceptors (Lipinski definition) is 4. The van der Waals surface area contributed by atoms with Crippen LogP contribution < -0.4 is 9.47 Å². The van der Waals surface area contributed by atoms with E-state index in [-0.39, 0.29) is 0 Å². The van der Waals surface area contributed by atoms with Crippen LogP contribution in [0.1, 0.15) is 0 Å². The lowest BCUT2D eigenvalue weighted by Crippen LogP contribution is -1.93. The van der Waals surface area contributed by atoms with Gasteiger partial charge in [-0.2, -0.15) is 4.39 Å². The smallest absolute Gasteiger partial charge is 0.309 e. The van der Waals surface area contributed by atoms with Crippen LogP contribution in [-0.2, 0) is 0 Å². The molecule has 0 spiro atoms. The molecule has 0 aliphatic carbocycles. The van der Waals surface area contributed by atoms with Crippen LogP contribution in [0.3, 0.4) is 0 Å². The normalized spacial score (nSPS) is 10.3. The third-order valence-corrected chi connectivity index (χ3v) is 2.06. The summed E-state index contributed by atoms with van der Waals surface area (Å²) in [6, 6.07) is 3.31. The lowest BCUT2D eigenvalue weighted by atomic mass is 10.2. The monoisotopic (exact) mass is 208 g/mol. The maximum Gasteiger partial charge on any atom is 0.309 e. The Morgan fingerprint density at radius 3 is 2.47 bits per heavy atom. The highest BCUT2D eigenvalue weighted by Gasteiger charge is 2.07. The summed E-state index contributed by atoms with van der Waals surface area (Å²) >= 11 is 0. The summed E-state index contributed by atoms with van der Waals surface area (Å²) in [6.45, 7) is 0. The number of ether oxygens (including phenoxy) is 2. The minimum atomic E-state index is -0.755. The van der Waals surface area contributed by atoms with Crippen molar-refractivity contribution in [2.45, 2.75) is 0 Å². The van der Waals surface area contributed by atoms with E-state index >= 15 is 0 Å². The van der Waals surface area contributed by atoms with Crippen molar-refractivity contribution < 1.29 is 13.9 Å². The topological polar surface area (TPSA) is 44.2 Å². The molecule has 15 heavy (non-hydrogen) atoms. The number of rotatable bonds is 2. The highest BCUT2D eigenvalue weighted by molar-refractivity contribution is 5.81. The van der Waals surface area contributed by atoms with Crippen LogP contribution in [0.4, 0.5) is 4.39 Å². The van der Waals surface area contributed by atoms with Crippen LogP contribution in [0.2, 0.25) is 0 Å². The van der Waals surface area contributed by atoms with Crippen molar-refractivity contribution in [3.8, 4) is 11.5 Å². The number of halogens is 1. The zero-order valence-electron chi connectivity index (χ0n) is 8.32. The molecule has 0 amide bonds. The summed E-state index contributed by atoms with van der Waals surface area (Å²) in [7, 11) is 3.05. The number of hydrogen-bond donors (Lipinski definition) is 0. The van der Waals surface area contributed by atoms with Crippen LogP contribution in [0.15, 0.2) is 18.3 Å². The molecular formula is C10H9FN2O2. The molecule has 0 radical (unpaired) electrons. The van der Waals surface area contributed by atoms with E-state index in [0.717, 1.165) is 0 Å². The van der Waals surface area contributed by atoms with Crippen LogP contribution in [0.25, 0.3) is 10.9 Å². The first-order chi connectivity index (χ1) is 7.24. The Morgan fingerprint density at radius 2 is 1.80 bits per heavy atom. The Labute approximate surface area is 85.7 Å². The lowest BCUT2D eigenvalue weighted by Gasteiger charge is -2.07. The average Bonchev–Trinajstić information content (AvgIpc) is 2.27. The summed E-state index contributed by atoms with van der Waals surface area (Å²) in [5.41, 5.74) is 0.486. The van der Waals surface area contributed by atoms with Gasteiger partial charge in [0.15, 0.2) is 11.5 Å². The SMILES string of the molecule is COc1cc2cnc(F)nc2cc1OC. The van der Waals surface area contributed by atoms with E-state index in [1.165, 1.54) is 20.4 Å². The Hall–Kier alpha value is -1.91. The predicted octanol–water partition coefficient (Wildman–Crippen LogP) is 1.79. The molecule has 2 aromatic rings. The minimum absolute atomic E-state index is 0.486. The van der Waals surface area contributed by atoms with Crippen LogP contribution in [-0.4, -0.2) is 24.2 Å². The van der Waals surface area contributed by atoms with E-state index in [4.69, 9.17) is 9.47 Å². The Balaban J connectivity index is 2.69. The number of methoxy groups -OCH3 is 2. The molecular weight excluding hydrogens is 199 g/mol. The third-order valence-electron chi connectivity index (χ3n) is 2.06. The Bertz CT molecular complexity index is 502.